The second-order valence-electron chi connectivity index (χ2n) is 5.55. The molecule has 2 N–H and O–H groups in total. The zero-order chi connectivity index (χ0) is 14.8. The lowest BCUT2D eigenvalue weighted by Gasteiger charge is -2.26. The third-order valence-electron chi connectivity index (χ3n) is 4.12. The van der Waals surface area contributed by atoms with Gasteiger partial charge in [0.2, 0.25) is 0 Å². The van der Waals surface area contributed by atoms with Gasteiger partial charge < -0.3 is 15.2 Å². The van der Waals surface area contributed by atoms with Gasteiger partial charge in [-0.2, -0.15) is 0 Å². The van der Waals surface area contributed by atoms with E-state index in [0.29, 0.717) is 6.61 Å². The molecule has 0 saturated heterocycles. The second-order valence-corrected chi connectivity index (χ2v) is 5.55. The fourth-order valence-corrected chi connectivity index (χ4v) is 2.84. The Hall–Kier alpha value is -2.00. The Bertz CT molecular complexity index is 652. The monoisotopic (exact) mass is 283 g/mol. The Morgan fingerprint density at radius 3 is 2.86 bits per heavy atom. The van der Waals surface area contributed by atoms with E-state index in [1.165, 1.54) is 11.1 Å². The highest BCUT2D eigenvalue weighted by Gasteiger charge is 2.21. The Kier molecular flexibility index (Phi) is 3.84. The number of benzene rings is 2. The van der Waals surface area contributed by atoms with Crippen LogP contribution in [0.5, 0.6) is 5.75 Å². The molecule has 2 aromatic carbocycles. The molecule has 0 amide bonds. The molecular weight excluding hydrogens is 262 g/mol. The van der Waals surface area contributed by atoms with Crippen molar-refractivity contribution >= 4 is 5.69 Å². The van der Waals surface area contributed by atoms with E-state index in [4.69, 9.17) is 15.2 Å². The summed E-state index contributed by atoms with van der Waals surface area (Å²) in [6.07, 6.45) is 0.971. The molecule has 3 rings (SSSR count). The number of anilines is 1. The number of hydrogen-bond donors (Lipinski definition) is 1. The van der Waals surface area contributed by atoms with Crippen LogP contribution in [0.2, 0.25) is 0 Å². The predicted molar refractivity (Wildman–Crippen MR) is 84.7 cm³/mol. The Morgan fingerprint density at radius 1 is 1.19 bits per heavy atom. The molecular formula is C18H21NO2. The van der Waals surface area contributed by atoms with Gasteiger partial charge in [0.1, 0.15) is 18.5 Å². The van der Waals surface area contributed by atoms with Gasteiger partial charge in [0.25, 0.3) is 0 Å². The number of nitrogens with two attached hydrogens (primary N) is 1. The summed E-state index contributed by atoms with van der Waals surface area (Å²) in [6.45, 7) is 5.30. The number of ether oxygens (including phenoxy) is 2. The molecule has 2 aromatic rings. The minimum Gasteiger partial charge on any atom is -0.490 e. The van der Waals surface area contributed by atoms with E-state index in [1.807, 2.05) is 26.0 Å². The van der Waals surface area contributed by atoms with Crippen LogP contribution in [0.15, 0.2) is 36.4 Å². The van der Waals surface area contributed by atoms with E-state index in [2.05, 4.69) is 24.3 Å². The molecule has 0 bridgehead atoms. The Balaban J connectivity index is 1.79. The van der Waals surface area contributed by atoms with Crippen LogP contribution in [-0.4, -0.2) is 13.2 Å². The fourth-order valence-electron chi connectivity index (χ4n) is 2.84. The van der Waals surface area contributed by atoms with E-state index in [9.17, 15) is 0 Å². The normalized spacial score (nSPS) is 17.3. The van der Waals surface area contributed by atoms with Crippen LogP contribution in [0.4, 0.5) is 5.69 Å². The summed E-state index contributed by atoms with van der Waals surface area (Å²) in [5.74, 6) is 0.877. The molecule has 0 aliphatic carbocycles. The standard InChI is InChI=1S/C18H21NO2/c1-12-7-8-16(19)13(2)18(12)21-11-17-15-6-4-3-5-14(15)9-10-20-17/h3-8,17H,9-11,19H2,1-2H3. The van der Waals surface area contributed by atoms with Gasteiger partial charge in [-0.3, -0.25) is 0 Å². The van der Waals surface area contributed by atoms with E-state index < -0.39 is 0 Å². The molecule has 0 saturated carbocycles. The lowest BCUT2D eigenvalue weighted by molar-refractivity contribution is 0.00992. The van der Waals surface area contributed by atoms with Crippen molar-refractivity contribution < 1.29 is 9.47 Å². The smallest absolute Gasteiger partial charge is 0.127 e. The highest BCUT2D eigenvalue weighted by Crippen LogP contribution is 2.31. The molecule has 1 unspecified atom stereocenters. The van der Waals surface area contributed by atoms with E-state index >= 15 is 0 Å². The lowest BCUT2D eigenvalue weighted by Crippen LogP contribution is -2.22. The average Bonchev–Trinajstić information content (AvgIpc) is 2.51. The third-order valence-corrected chi connectivity index (χ3v) is 4.12. The molecule has 3 heteroatoms. The minimum absolute atomic E-state index is 0.00446. The number of aryl methyl sites for hydroxylation is 1. The van der Waals surface area contributed by atoms with Crippen LogP contribution >= 0.6 is 0 Å². The number of nitrogen functional groups attached to an aromatic ring is 1. The van der Waals surface area contributed by atoms with Gasteiger partial charge in [0.05, 0.1) is 6.61 Å². The SMILES string of the molecule is Cc1ccc(N)c(C)c1OCC1OCCc2ccccc21. The zero-order valence-corrected chi connectivity index (χ0v) is 12.6. The van der Waals surface area contributed by atoms with Gasteiger partial charge >= 0.3 is 0 Å². The molecule has 0 radical (unpaired) electrons. The van der Waals surface area contributed by atoms with Gasteiger partial charge in [0, 0.05) is 11.3 Å². The maximum absolute atomic E-state index is 6.04. The maximum Gasteiger partial charge on any atom is 0.127 e. The van der Waals surface area contributed by atoms with Crippen molar-refractivity contribution in [2.45, 2.75) is 26.4 Å². The van der Waals surface area contributed by atoms with Gasteiger partial charge in [-0.1, -0.05) is 30.3 Å². The molecule has 110 valence electrons. The molecule has 0 fully saturated rings. The summed E-state index contributed by atoms with van der Waals surface area (Å²) in [5.41, 5.74) is 11.4. The summed E-state index contributed by atoms with van der Waals surface area (Å²) in [4.78, 5) is 0. The third kappa shape index (κ3) is 2.74. The first-order chi connectivity index (χ1) is 10.2. The van der Waals surface area contributed by atoms with Crippen LogP contribution < -0.4 is 10.5 Å². The summed E-state index contributed by atoms with van der Waals surface area (Å²) in [7, 11) is 0. The summed E-state index contributed by atoms with van der Waals surface area (Å²) in [6, 6.07) is 12.3. The van der Waals surface area contributed by atoms with Crippen molar-refractivity contribution in [1.29, 1.82) is 0 Å². The average molecular weight is 283 g/mol. The van der Waals surface area contributed by atoms with Crippen LogP contribution in [-0.2, 0) is 11.2 Å². The van der Waals surface area contributed by atoms with Crippen LogP contribution in [0.1, 0.15) is 28.4 Å². The van der Waals surface area contributed by atoms with Gasteiger partial charge in [-0.25, -0.2) is 0 Å². The molecule has 1 aliphatic rings. The van der Waals surface area contributed by atoms with Crippen LogP contribution in [0.3, 0.4) is 0 Å². The van der Waals surface area contributed by atoms with E-state index in [-0.39, 0.29) is 6.10 Å². The first-order valence-electron chi connectivity index (χ1n) is 7.34. The summed E-state index contributed by atoms with van der Waals surface area (Å²) in [5, 5.41) is 0. The Morgan fingerprint density at radius 2 is 2.00 bits per heavy atom. The lowest BCUT2D eigenvalue weighted by atomic mass is 9.98. The van der Waals surface area contributed by atoms with Crippen molar-refractivity contribution in [1.82, 2.24) is 0 Å². The van der Waals surface area contributed by atoms with Crippen molar-refractivity contribution in [3.63, 3.8) is 0 Å². The highest BCUT2D eigenvalue weighted by atomic mass is 16.5. The van der Waals surface area contributed by atoms with E-state index in [0.717, 1.165) is 35.6 Å². The molecule has 0 aromatic heterocycles. The maximum atomic E-state index is 6.04. The quantitative estimate of drug-likeness (QED) is 0.876. The first kappa shape index (κ1) is 14.0. The predicted octanol–water partition coefficient (Wildman–Crippen LogP) is 3.58. The van der Waals surface area contributed by atoms with E-state index in [1.54, 1.807) is 0 Å². The summed E-state index contributed by atoms with van der Waals surface area (Å²) >= 11 is 0. The van der Waals surface area contributed by atoms with Crippen LogP contribution in [0, 0.1) is 13.8 Å². The highest BCUT2D eigenvalue weighted by molar-refractivity contribution is 5.56. The van der Waals surface area contributed by atoms with Crippen LogP contribution in [0.25, 0.3) is 0 Å². The molecule has 0 spiro atoms. The fraction of sp³-hybridized carbons (Fsp3) is 0.333. The Labute approximate surface area is 125 Å². The second kappa shape index (κ2) is 5.78. The van der Waals surface area contributed by atoms with Crippen molar-refractivity contribution in [2.75, 3.05) is 18.9 Å². The molecule has 1 heterocycles. The number of fused-ring (bicyclic) bond motifs is 1. The minimum atomic E-state index is -0.00446. The first-order valence-corrected chi connectivity index (χ1v) is 7.34. The molecule has 21 heavy (non-hydrogen) atoms. The van der Waals surface area contributed by atoms with Gasteiger partial charge in [0.15, 0.2) is 0 Å². The van der Waals surface area contributed by atoms with Crippen molar-refractivity contribution in [3.05, 3.63) is 58.7 Å². The van der Waals surface area contributed by atoms with Gasteiger partial charge in [-0.15, -0.1) is 0 Å². The number of rotatable bonds is 3. The molecule has 3 nitrogen and oxygen atoms in total. The molecule has 1 aliphatic heterocycles. The number of hydrogen-bond acceptors (Lipinski definition) is 3. The van der Waals surface area contributed by atoms with Crippen molar-refractivity contribution in [2.24, 2.45) is 0 Å². The van der Waals surface area contributed by atoms with Crippen molar-refractivity contribution in [3.8, 4) is 5.75 Å². The molecule has 1 atom stereocenters. The summed E-state index contributed by atoms with van der Waals surface area (Å²) < 4.78 is 11.9. The topological polar surface area (TPSA) is 44.5 Å². The van der Waals surface area contributed by atoms with Gasteiger partial charge in [-0.05, 0) is 43.0 Å². The zero-order valence-electron chi connectivity index (χ0n) is 12.6. The largest absolute Gasteiger partial charge is 0.490 e.